The molecule has 0 aliphatic carbocycles. The normalized spacial score (nSPS) is 10.2. The van der Waals surface area contributed by atoms with Gasteiger partial charge >= 0.3 is 0 Å². The number of nitrogens with two attached hydrogens (primary N) is 1. The lowest BCUT2D eigenvalue weighted by atomic mass is 10.1. The minimum Gasteiger partial charge on any atom is -0.489 e. The molecule has 0 aliphatic heterocycles. The van der Waals surface area contributed by atoms with Crippen LogP contribution in [0.2, 0.25) is 0 Å². The van der Waals surface area contributed by atoms with Crippen molar-refractivity contribution < 1.29 is 4.74 Å². The van der Waals surface area contributed by atoms with Crippen molar-refractivity contribution >= 4 is 5.69 Å². The van der Waals surface area contributed by atoms with E-state index in [-0.39, 0.29) is 0 Å². The van der Waals surface area contributed by atoms with Gasteiger partial charge in [-0.25, -0.2) is 0 Å². The van der Waals surface area contributed by atoms with Gasteiger partial charge in [0.25, 0.3) is 0 Å². The molecule has 4 heteroatoms. The summed E-state index contributed by atoms with van der Waals surface area (Å²) in [5, 5.41) is 11.8. The van der Waals surface area contributed by atoms with Gasteiger partial charge in [0.2, 0.25) is 0 Å². The highest BCUT2D eigenvalue weighted by Gasteiger charge is 1.98. The van der Waals surface area contributed by atoms with Crippen LogP contribution in [0.1, 0.15) is 11.1 Å². The largest absolute Gasteiger partial charge is 0.489 e. The van der Waals surface area contributed by atoms with Crippen LogP contribution in [0.5, 0.6) is 5.75 Å². The molecular weight excluding hydrogens is 250 g/mol. The van der Waals surface area contributed by atoms with Gasteiger partial charge < -0.3 is 15.8 Å². The molecule has 0 bridgehead atoms. The monoisotopic (exact) mass is 265 g/mol. The molecule has 3 N–H and O–H groups in total. The molecule has 0 aromatic heterocycles. The third kappa shape index (κ3) is 3.79. The lowest BCUT2D eigenvalue weighted by molar-refractivity contribution is 0.306. The van der Waals surface area contributed by atoms with Crippen molar-refractivity contribution in [1.29, 1.82) is 5.26 Å². The Morgan fingerprint density at radius 2 is 2.00 bits per heavy atom. The summed E-state index contributed by atoms with van der Waals surface area (Å²) < 4.78 is 5.67. The van der Waals surface area contributed by atoms with Crippen molar-refractivity contribution in [3.8, 4) is 11.8 Å². The summed E-state index contributed by atoms with van der Waals surface area (Å²) in [6.45, 7) is 0.436. The highest BCUT2D eigenvalue weighted by Crippen LogP contribution is 2.17. The number of hydrogen-bond donors (Lipinski definition) is 2. The Labute approximate surface area is 118 Å². The highest BCUT2D eigenvalue weighted by molar-refractivity contribution is 5.48. The first-order valence-corrected chi connectivity index (χ1v) is 6.17. The number of ether oxygens (including phenoxy) is 1. The van der Waals surface area contributed by atoms with Crippen molar-refractivity contribution in [1.82, 2.24) is 0 Å². The smallest absolute Gasteiger partial charge is 0.119 e. The van der Waals surface area contributed by atoms with E-state index in [1.807, 2.05) is 42.5 Å². The Morgan fingerprint density at radius 1 is 1.20 bits per heavy atom. The maximum Gasteiger partial charge on any atom is 0.119 e. The lowest BCUT2D eigenvalue weighted by Crippen LogP contribution is -1.96. The van der Waals surface area contributed by atoms with Crippen LogP contribution in [-0.4, -0.2) is 0 Å². The molecule has 2 rings (SSSR count). The van der Waals surface area contributed by atoms with Gasteiger partial charge in [0, 0.05) is 18.1 Å². The zero-order chi connectivity index (χ0) is 14.2. The van der Waals surface area contributed by atoms with E-state index in [2.05, 4.69) is 11.4 Å². The van der Waals surface area contributed by atoms with Crippen LogP contribution in [0.25, 0.3) is 0 Å². The second-order valence-corrected chi connectivity index (χ2v) is 4.13. The number of rotatable bonds is 5. The third-order valence-corrected chi connectivity index (χ3v) is 2.66. The van der Waals surface area contributed by atoms with Gasteiger partial charge in [0.05, 0.1) is 11.6 Å². The van der Waals surface area contributed by atoms with E-state index in [0.717, 1.165) is 17.0 Å². The van der Waals surface area contributed by atoms with E-state index < -0.39 is 0 Å². The number of hydrogen-bond acceptors (Lipinski definition) is 4. The minimum atomic E-state index is 0.436. The van der Waals surface area contributed by atoms with Gasteiger partial charge in [-0.1, -0.05) is 12.1 Å². The maximum absolute atomic E-state index is 8.84. The molecule has 0 saturated carbocycles. The fourth-order valence-electron chi connectivity index (χ4n) is 1.69. The van der Waals surface area contributed by atoms with Crippen molar-refractivity contribution in [2.75, 3.05) is 5.32 Å². The second-order valence-electron chi connectivity index (χ2n) is 4.13. The zero-order valence-electron chi connectivity index (χ0n) is 10.9. The Bertz CT molecular complexity index is 627. The van der Waals surface area contributed by atoms with Crippen LogP contribution >= 0.6 is 0 Å². The topological polar surface area (TPSA) is 71.1 Å². The van der Waals surface area contributed by atoms with E-state index >= 15 is 0 Å². The van der Waals surface area contributed by atoms with E-state index in [1.54, 1.807) is 12.3 Å². The van der Waals surface area contributed by atoms with Crippen molar-refractivity contribution in [3.63, 3.8) is 0 Å². The second kappa shape index (κ2) is 6.86. The number of nitriles is 1. The minimum absolute atomic E-state index is 0.436. The van der Waals surface area contributed by atoms with Gasteiger partial charge in [-0.2, -0.15) is 5.26 Å². The van der Waals surface area contributed by atoms with Crippen molar-refractivity contribution in [2.24, 2.45) is 5.73 Å². The highest BCUT2D eigenvalue weighted by atomic mass is 16.5. The van der Waals surface area contributed by atoms with E-state index in [4.69, 9.17) is 15.7 Å². The molecule has 0 saturated heterocycles. The Kier molecular flexibility index (Phi) is 4.63. The summed E-state index contributed by atoms with van der Waals surface area (Å²) >= 11 is 0. The molecule has 2 aromatic carbocycles. The van der Waals surface area contributed by atoms with Crippen molar-refractivity contribution in [3.05, 3.63) is 72.1 Å². The molecule has 0 atom stereocenters. The fraction of sp³-hybridized carbons (Fsp3) is 0.0625. The molecule has 0 spiro atoms. The van der Waals surface area contributed by atoms with Crippen LogP contribution in [-0.2, 0) is 6.61 Å². The number of nitrogens with one attached hydrogen (secondary N) is 1. The van der Waals surface area contributed by atoms with Crippen LogP contribution in [0.4, 0.5) is 5.69 Å². The number of benzene rings is 2. The van der Waals surface area contributed by atoms with Gasteiger partial charge in [-0.05, 0) is 42.0 Å². The van der Waals surface area contributed by atoms with Crippen molar-refractivity contribution in [2.45, 2.75) is 6.61 Å². The summed E-state index contributed by atoms with van der Waals surface area (Å²) in [7, 11) is 0. The molecule has 0 unspecified atom stereocenters. The average Bonchev–Trinajstić information content (AvgIpc) is 2.52. The molecule has 0 heterocycles. The molecule has 0 fully saturated rings. The predicted molar refractivity (Wildman–Crippen MR) is 78.9 cm³/mol. The Morgan fingerprint density at radius 3 is 2.70 bits per heavy atom. The number of nitrogens with zero attached hydrogens (tertiary/aromatic N) is 1. The van der Waals surface area contributed by atoms with Crippen LogP contribution in [0.15, 0.2) is 60.9 Å². The zero-order valence-corrected chi connectivity index (χ0v) is 10.9. The first-order valence-electron chi connectivity index (χ1n) is 6.17. The van der Waals surface area contributed by atoms with Crippen LogP contribution in [0, 0.1) is 11.3 Å². The first kappa shape index (κ1) is 13.5. The fourth-order valence-corrected chi connectivity index (χ4v) is 1.69. The average molecular weight is 265 g/mol. The van der Waals surface area contributed by atoms with Gasteiger partial charge in [-0.15, -0.1) is 0 Å². The molecule has 0 aliphatic rings. The molecule has 4 nitrogen and oxygen atoms in total. The molecule has 0 amide bonds. The third-order valence-electron chi connectivity index (χ3n) is 2.66. The Balaban J connectivity index is 1.95. The quantitative estimate of drug-likeness (QED) is 0.871. The van der Waals surface area contributed by atoms with Gasteiger partial charge in [0.15, 0.2) is 0 Å². The van der Waals surface area contributed by atoms with E-state index in [1.165, 1.54) is 6.20 Å². The summed E-state index contributed by atoms with van der Waals surface area (Å²) in [6.07, 6.45) is 3.09. The van der Waals surface area contributed by atoms with Crippen LogP contribution in [0.3, 0.4) is 0 Å². The van der Waals surface area contributed by atoms with E-state index in [9.17, 15) is 0 Å². The molecule has 2 aromatic rings. The molecular formula is C16H15N3O. The van der Waals surface area contributed by atoms with Gasteiger partial charge in [-0.3, -0.25) is 0 Å². The molecule has 100 valence electrons. The van der Waals surface area contributed by atoms with Gasteiger partial charge in [0.1, 0.15) is 12.4 Å². The maximum atomic E-state index is 8.84. The Hall–Kier alpha value is -2.93. The summed E-state index contributed by atoms with van der Waals surface area (Å²) in [6, 6.07) is 17.0. The SMILES string of the molecule is N#Cc1cccc(COc2ccc(NC=CN)cc2)c1. The first-order chi connectivity index (χ1) is 9.81. The lowest BCUT2D eigenvalue weighted by Gasteiger charge is -2.07. The molecule has 20 heavy (non-hydrogen) atoms. The summed E-state index contributed by atoms with van der Waals surface area (Å²) in [5.74, 6) is 0.773. The summed E-state index contributed by atoms with van der Waals surface area (Å²) in [5.41, 5.74) is 7.79. The standard InChI is InChI=1S/C16H15N3O/c17-8-9-19-15-4-6-16(7-5-15)20-12-14-3-1-2-13(10-14)11-18/h1-10,19H,12,17H2. The number of anilines is 1. The predicted octanol–water partition coefficient (Wildman–Crippen LogP) is 2.98. The van der Waals surface area contributed by atoms with E-state index in [0.29, 0.717) is 12.2 Å². The van der Waals surface area contributed by atoms with Crippen LogP contribution < -0.4 is 15.8 Å². The molecule has 0 radical (unpaired) electrons. The summed E-state index contributed by atoms with van der Waals surface area (Å²) in [4.78, 5) is 0.